The van der Waals surface area contributed by atoms with Gasteiger partial charge in [0.2, 0.25) is 0 Å². The monoisotopic (exact) mass is 1270 g/mol. The van der Waals surface area contributed by atoms with Crippen LogP contribution >= 0.6 is 22.7 Å². The highest BCUT2D eigenvalue weighted by atomic mass is 32.1. The molecular weight excluding hydrogens is 1250 g/mol. The van der Waals surface area contributed by atoms with Gasteiger partial charge in [0.25, 0.3) is 0 Å². The van der Waals surface area contributed by atoms with E-state index < -0.39 is 0 Å². The van der Waals surface area contributed by atoms with Crippen LogP contribution in [0.3, 0.4) is 0 Å². The van der Waals surface area contributed by atoms with Gasteiger partial charge in [0.15, 0.2) is 0 Å². The third-order valence-corrected chi connectivity index (χ3v) is 23.8. The number of hydrogen-bond acceptors (Lipinski definition) is 2. The third kappa shape index (κ3) is 8.51. The average molecular weight is 1270 g/mol. The lowest BCUT2D eigenvalue weighted by atomic mass is 9.59. The molecule has 13 aromatic carbocycles. The summed E-state index contributed by atoms with van der Waals surface area (Å²) < 4.78 is 9.50. The van der Waals surface area contributed by atoms with Crippen molar-refractivity contribution in [2.24, 2.45) is 0 Å². The van der Waals surface area contributed by atoms with Crippen LogP contribution in [0.15, 0.2) is 146 Å². The predicted octanol–water partition coefficient (Wildman–Crippen LogP) is -1.40. The predicted molar refractivity (Wildman–Crippen MR) is 462 cm³/mol. The molecule has 0 aliphatic carbocycles. The summed E-state index contributed by atoms with van der Waals surface area (Å²) in [5.41, 5.74) is 15.5. The van der Waals surface area contributed by atoms with Crippen molar-refractivity contribution in [2.75, 3.05) is 0 Å². The first-order chi connectivity index (χ1) is 48.9. The van der Waals surface area contributed by atoms with Crippen LogP contribution in [0.2, 0.25) is 0 Å². The van der Waals surface area contributed by atoms with Crippen molar-refractivity contribution in [1.82, 2.24) is 8.80 Å². The van der Waals surface area contributed by atoms with E-state index in [0.29, 0.717) is 44.5 Å². The maximum atomic E-state index is 6.84. The summed E-state index contributed by atoms with van der Waals surface area (Å²) in [6, 6.07) is 51.4. The van der Waals surface area contributed by atoms with Gasteiger partial charge in [0.1, 0.15) is 157 Å². The van der Waals surface area contributed by atoms with Crippen LogP contribution in [0.25, 0.3) is 183 Å². The Balaban J connectivity index is 0.885. The largest absolute Gasteiger partial charge is 0.308 e. The van der Waals surface area contributed by atoms with Crippen LogP contribution in [-0.4, -0.2) is 166 Å². The van der Waals surface area contributed by atoms with E-state index in [1.807, 2.05) is 36.4 Å². The standard InChI is InChI=1S/C78H24B20N2S2/c79-55-49(56(80)64(88)71(95)63(55)87)29-13-27(14-30(17-29)50-57(81)65(89)72(96)66(90)58(50)82)25-9-11-43-41(19-25)53-75-37(21-39-33-5-1-3-7-47(33)101-77(39)53)35-23-46-36(24-45(35)99(43)75)38-22-40-34-6-2-4-8-48(34)102-78(40)54-42-20-26(10-12-44(42)100(46)76(38)54)28-15-31(51-59(83)67(91)73(97)68(92)60(51)84)18-32(16-28)52-61(85)69(93)74(98)70(94)62(52)86/h1-24H. The fourth-order valence-electron chi connectivity index (χ4n) is 16.2. The molecule has 6 aromatic heterocycles. The highest BCUT2D eigenvalue weighted by molar-refractivity contribution is 7.27. The van der Waals surface area contributed by atoms with Gasteiger partial charge in [-0.2, -0.15) is 0 Å². The van der Waals surface area contributed by atoms with Crippen molar-refractivity contribution in [2.45, 2.75) is 0 Å². The van der Waals surface area contributed by atoms with Gasteiger partial charge in [0, 0.05) is 83.4 Å². The zero-order valence-electron chi connectivity index (χ0n) is 54.1. The summed E-state index contributed by atoms with van der Waals surface area (Å²) >= 11 is 3.55. The molecule has 24 heteroatoms. The molecule has 40 radical (unpaired) electrons. The summed E-state index contributed by atoms with van der Waals surface area (Å²) in [5, 5.41) is 13.2. The Bertz CT molecular complexity index is 6430. The van der Waals surface area contributed by atoms with Crippen LogP contribution in [-0.2, 0) is 0 Å². The lowest BCUT2D eigenvalue weighted by molar-refractivity contribution is 1.36. The second-order valence-electron chi connectivity index (χ2n) is 26.6. The molecule has 0 saturated carbocycles. The van der Waals surface area contributed by atoms with Crippen LogP contribution in [0.1, 0.15) is 0 Å². The minimum atomic E-state index is 0.0823. The Labute approximate surface area is 621 Å². The highest BCUT2D eigenvalue weighted by Gasteiger charge is 2.29. The summed E-state index contributed by atoms with van der Waals surface area (Å²) in [5.74, 6) is 0. The molecule has 0 bridgehead atoms. The number of nitrogens with zero attached hydrogens (tertiary/aromatic N) is 2. The first-order valence-corrected chi connectivity index (χ1v) is 34.0. The van der Waals surface area contributed by atoms with Crippen molar-refractivity contribution in [3.63, 3.8) is 0 Å². The molecule has 0 aliphatic heterocycles. The Morgan fingerprint density at radius 3 is 0.775 bits per heavy atom. The molecule has 0 spiro atoms. The highest BCUT2D eigenvalue weighted by Crippen LogP contribution is 2.53. The Morgan fingerprint density at radius 2 is 0.471 bits per heavy atom. The smallest absolute Gasteiger partial charge is 0.113 e. The molecule has 0 amide bonds. The fraction of sp³-hybridized carbons (Fsp3) is 0. The number of benzene rings is 13. The van der Waals surface area contributed by atoms with Gasteiger partial charge >= 0.3 is 0 Å². The van der Waals surface area contributed by atoms with Gasteiger partial charge in [-0.15, -0.1) is 88.2 Å². The molecule has 19 aromatic rings. The van der Waals surface area contributed by atoms with E-state index in [0.717, 1.165) is 139 Å². The van der Waals surface area contributed by atoms with E-state index in [2.05, 4.69) is 118 Å². The van der Waals surface area contributed by atoms with Crippen molar-refractivity contribution in [1.29, 1.82) is 0 Å². The van der Waals surface area contributed by atoms with Crippen LogP contribution in [0.5, 0.6) is 0 Å². The molecule has 0 N–H and O–H groups in total. The van der Waals surface area contributed by atoms with Crippen LogP contribution in [0, 0.1) is 0 Å². The van der Waals surface area contributed by atoms with E-state index in [-0.39, 0.29) is 109 Å². The molecule has 102 heavy (non-hydrogen) atoms. The zero-order valence-corrected chi connectivity index (χ0v) is 55.7. The first-order valence-electron chi connectivity index (χ1n) is 32.3. The van der Waals surface area contributed by atoms with Gasteiger partial charge < -0.3 is 8.80 Å². The number of rotatable bonds is 6. The Hall–Kier alpha value is -8.80. The molecule has 0 fully saturated rings. The lowest BCUT2D eigenvalue weighted by Gasteiger charge is -2.24. The van der Waals surface area contributed by atoms with Gasteiger partial charge in [0.05, 0.1) is 33.1 Å². The van der Waals surface area contributed by atoms with Crippen molar-refractivity contribution >= 4 is 405 Å². The molecule has 19 rings (SSSR count). The number of fused-ring (bicyclic) bond motifs is 20. The third-order valence-electron chi connectivity index (χ3n) is 21.4. The summed E-state index contributed by atoms with van der Waals surface area (Å²) in [4.78, 5) is 0. The van der Waals surface area contributed by atoms with E-state index in [4.69, 9.17) is 157 Å². The van der Waals surface area contributed by atoms with Crippen molar-refractivity contribution in [3.05, 3.63) is 146 Å². The number of aromatic nitrogens is 2. The first kappa shape index (κ1) is 64.1. The van der Waals surface area contributed by atoms with Crippen molar-refractivity contribution < 1.29 is 0 Å². The molecule has 0 atom stereocenters. The maximum Gasteiger partial charge on any atom is 0.113 e. The molecule has 6 heterocycles. The number of hydrogen-bond donors (Lipinski definition) is 0. The summed E-state index contributed by atoms with van der Waals surface area (Å²) in [7, 11) is 133. The quantitative estimate of drug-likeness (QED) is 0.182. The van der Waals surface area contributed by atoms with Gasteiger partial charge in [-0.05, 0) is 164 Å². The SMILES string of the molecule is [B]c1c([B])c([B])c(-c2cc(-c3ccc4c(c3)c3c5sc6ccccc6c5cc5c6cc7c(cc6n4c53)c3cc4c5ccccc5sc4c4c5cc(-c6cc(-c8c([B])c([B])c([B])c([B])c8[B])cc(-c8c([B])c([B])c([B])c([B])c8[B])c6)ccc5n7c34)cc(-c3c([B])c([B])c([B])c([B])c3[B])c2)c([B])c1[B]. The Morgan fingerprint density at radius 1 is 0.196 bits per heavy atom. The minimum Gasteiger partial charge on any atom is -0.308 e. The molecule has 0 aliphatic rings. The topological polar surface area (TPSA) is 8.82 Å². The number of thiophene rings is 2. The normalized spacial score (nSPS) is 12.3. The van der Waals surface area contributed by atoms with E-state index in [9.17, 15) is 0 Å². The lowest BCUT2D eigenvalue weighted by Crippen LogP contribution is -2.55. The van der Waals surface area contributed by atoms with Gasteiger partial charge in [-0.1, -0.05) is 92.2 Å². The van der Waals surface area contributed by atoms with E-state index in [1.54, 1.807) is 22.7 Å². The molecule has 418 valence electrons. The minimum absolute atomic E-state index is 0.0823. The maximum absolute atomic E-state index is 6.84. The summed E-state index contributed by atoms with van der Waals surface area (Å²) in [6.45, 7) is 0. The fourth-order valence-corrected chi connectivity index (χ4v) is 18.7. The average Bonchev–Trinajstić information content (AvgIpc) is 1.50. The Kier molecular flexibility index (Phi) is 14.0. The van der Waals surface area contributed by atoms with Crippen LogP contribution < -0.4 is 109 Å². The van der Waals surface area contributed by atoms with Crippen LogP contribution in [0.4, 0.5) is 0 Å². The second kappa shape index (κ2) is 22.4. The molecule has 0 unspecified atom stereocenters. The second-order valence-corrected chi connectivity index (χ2v) is 28.7. The van der Waals surface area contributed by atoms with E-state index >= 15 is 0 Å². The van der Waals surface area contributed by atoms with E-state index in [1.165, 1.54) is 0 Å². The molecular formula is C78H24B20N2S2. The van der Waals surface area contributed by atoms with Gasteiger partial charge in [-0.3, -0.25) is 0 Å². The summed E-state index contributed by atoms with van der Waals surface area (Å²) in [6.07, 6.45) is 0. The van der Waals surface area contributed by atoms with Gasteiger partial charge in [-0.25, -0.2) is 0 Å². The van der Waals surface area contributed by atoms with Crippen molar-refractivity contribution in [3.8, 4) is 66.8 Å². The molecule has 2 nitrogen and oxygen atoms in total. The molecule has 0 saturated heterocycles. The zero-order chi connectivity index (χ0) is 70.7.